The quantitative estimate of drug-likeness (QED) is 0.591. The van der Waals surface area contributed by atoms with Gasteiger partial charge in [-0.25, -0.2) is 18.0 Å². The first-order chi connectivity index (χ1) is 12.9. The summed E-state index contributed by atoms with van der Waals surface area (Å²) in [4.78, 5) is 7.59. The van der Waals surface area contributed by atoms with Gasteiger partial charge in [-0.15, -0.1) is 0 Å². The van der Waals surface area contributed by atoms with Crippen molar-refractivity contribution in [3.05, 3.63) is 76.2 Å². The van der Waals surface area contributed by atoms with Crippen molar-refractivity contribution in [2.24, 2.45) is 0 Å². The van der Waals surface area contributed by atoms with Gasteiger partial charge in [0.05, 0.1) is 21.8 Å². The van der Waals surface area contributed by atoms with Crippen molar-refractivity contribution in [3.63, 3.8) is 0 Å². The number of rotatable bonds is 6. The molecule has 3 rings (SSSR count). The van der Waals surface area contributed by atoms with E-state index < -0.39 is 22.6 Å². The lowest BCUT2D eigenvalue weighted by atomic mass is 10.2. The zero-order valence-corrected chi connectivity index (χ0v) is 15.9. The Morgan fingerprint density at radius 2 is 1.89 bits per heavy atom. The first kappa shape index (κ1) is 19.5. The Bertz CT molecular complexity index is 992. The Kier molecular flexibility index (Phi) is 6.20. The summed E-state index contributed by atoms with van der Waals surface area (Å²) >= 11 is 12.0. The van der Waals surface area contributed by atoms with Gasteiger partial charge >= 0.3 is 0 Å². The third kappa shape index (κ3) is 4.91. The van der Waals surface area contributed by atoms with Gasteiger partial charge in [-0.05, 0) is 30.3 Å². The molecular weight excluding hydrogens is 417 g/mol. The number of halogens is 4. The summed E-state index contributed by atoms with van der Waals surface area (Å²) in [5, 5.41) is 3.35. The summed E-state index contributed by atoms with van der Waals surface area (Å²) in [6, 6.07) is 6.46. The van der Waals surface area contributed by atoms with Gasteiger partial charge in [0.2, 0.25) is 0 Å². The monoisotopic (exact) mass is 428 g/mol. The van der Waals surface area contributed by atoms with Crippen LogP contribution in [0.3, 0.4) is 0 Å². The molecule has 27 heavy (non-hydrogen) atoms. The van der Waals surface area contributed by atoms with Crippen molar-refractivity contribution in [1.29, 1.82) is 0 Å². The molecule has 2 aromatic carbocycles. The van der Waals surface area contributed by atoms with E-state index in [0.29, 0.717) is 10.6 Å². The van der Waals surface area contributed by atoms with E-state index in [0.717, 1.165) is 6.07 Å². The molecule has 0 amide bonds. The Morgan fingerprint density at radius 1 is 1.07 bits per heavy atom. The molecule has 5 nitrogen and oxygen atoms in total. The average molecular weight is 429 g/mol. The minimum Gasteiger partial charge on any atom is -0.380 e. The van der Waals surface area contributed by atoms with Crippen molar-refractivity contribution in [2.45, 2.75) is 11.4 Å². The minimum atomic E-state index is -1.93. The second kappa shape index (κ2) is 8.60. The molecule has 1 aromatic heterocycles. The fraction of sp³-hybridized carbons (Fsp3) is 0.0588. The number of benzene rings is 2. The van der Waals surface area contributed by atoms with Crippen LogP contribution in [-0.2, 0) is 17.5 Å². The van der Waals surface area contributed by atoms with E-state index in [-0.39, 0.29) is 28.0 Å². The van der Waals surface area contributed by atoms with Gasteiger partial charge in [-0.1, -0.05) is 23.2 Å². The Hall–Kier alpha value is -2.29. The Morgan fingerprint density at radius 3 is 2.63 bits per heavy atom. The summed E-state index contributed by atoms with van der Waals surface area (Å²) in [5.41, 5.74) is 0.532. The average Bonchev–Trinajstić information content (AvgIpc) is 2.65. The summed E-state index contributed by atoms with van der Waals surface area (Å²) < 4.78 is 43.0. The number of aromatic nitrogens is 2. The predicted molar refractivity (Wildman–Crippen MR) is 102 cm³/mol. The third-order valence-electron chi connectivity index (χ3n) is 3.46. The van der Waals surface area contributed by atoms with Crippen molar-refractivity contribution in [2.75, 3.05) is 10.0 Å². The molecule has 1 unspecified atom stereocenters. The summed E-state index contributed by atoms with van der Waals surface area (Å²) in [6.45, 7) is 0.0475. The van der Waals surface area contributed by atoms with E-state index in [2.05, 4.69) is 20.0 Å². The lowest BCUT2D eigenvalue weighted by Gasteiger charge is -2.12. The van der Waals surface area contributed by atoms with Gasteiger partial charge in [-0.2, -0.15) is 0 Å². The van der Waals surface area contributed by atoms with Crippen LogP contribution < -0.4 is 10.0 Å². The van der Waals surface area contributed by atoms with E-state index in [1.165, 1.54) is 42.9 Å². The van der Waals surface area contributed by atoms with Crippen LogP contribution in [0.4, 0.5) is 20.3 Å². The van der Waals surface area contributed by atoms with Crippen LogP contribution in [0.15, 0.2) is 53.8 Å². The highest BCUT2D eigenvalue weighted by atomic mass is 35.5. The minimum absolute atomic E-state index is 0.0475. The summed E-state index contributed by atoms with van der Waals surface area (Å²) in [6.07, 6.45) is 4.21. The third-order valence-corrected chi connectivity index (χ3v) is 5.11. The molecule has 140 valence electrons. The largest absolute Gasteiger partial charge is 0.380 e. The number of nitrogens with zero attached hydrogens (tertiary/aromatic N) is 2. The molecule has 0 bridgehead atoms. The van der Waals surface area contributed by atoms with E-state index >= 15 is 0 Å². The van der Waals surface area contributed by atoms with Crippen LogP contribution in [0, 0.1) is 11.6 Å². The molecule has 0 aliphatic carbocycles. The molecule has 1 heterocycles. The van der Waals surface area contributed by atoms with Gasteiger partial charge < -0.3 is 5.32 Å². The fourth-order valence-electron chi connectivity index (χ4n) is 2.18. The van der Waals surface area contributed by atoms with Crippen LogP contribution in [0.1, 0.15) is 5.56 Å². The molecular formula is C17H12Cl2F2N4OS. The highest BCUT2D eigenvalue weighted by Gasteiger charge is 2.15. The summed E-state index contributed by atoms with van der Waals surface area (Å²) in [7, 11) is -1.93. The molecule has 0 spiro atoms. The van der Waals surface area contributed by atoms with Crippen LogP contribution in [0.25, 0.3) is 0 Å². The second-order valence-electron chi connectivity index (χ2n) is 5.31. The zero-order valence-electron chi connectivity index (χ0n) is 13.5. The lowest BCUT2D eigenvalue weighted by molar-refractivity contribution is 0.596. The van der Waals surface area contributed by atoms with Crippen molar-refractivity contribution < 1.29 is 13.0 Å². The molecule has 2 N–H and O–H groups in total. The standard InChI is InChI=1S/C17H12Cl2F2N4OS/c18-11-1-2-13(20)10(5-11)8-24-15-7-14(21)16(6-12(15)19)27(26)25-17-9-22-3-4-23-17/h1-7,9,24H,8H2,(H,23,25). The first-order valence-corrected chi connectivity index (χ1v) is 9.46. The van der Waals surface area contributed by atoms with E-state index in [1.54, 1.807) is 0 Å². The number of nitrogens with one attached hydrogen (secondary N) is 2. The van der Waals surface area contributed by atoms with Crippen molar-refractivity contribution >= 4 is 45.7 Å². The van der Waals surface area contributed by atoms with Crippen LogP contribution in [0.2, 0.25) is 10.0 Å². The maximum Gasteiger partial charge on any atom is 0.156 e. The molecule has 0 aliphatic rings. The molecule has 0 radical (unpaired) electrons. The van der Waals surface area contributed by atoms with Gasteiger partial charge in [0.15, 0.2) is 16.8 Å². The molecule has 1 atom stereocenters. The maximum atomic E-state index is 14.4. The predicted octanol–water partition coefficient (Wildman–Crippen LogP) is 4.81. The van der Waals surface area contributed by atoms with E-state index in [4.69, 9.17) is 23.2 Å². The topological polar surface area (TPSA) is 66.9 Å². The van der Waals surface area contributed by atoms with Crippen LogP contribution in [-0.4, -0.2) is 14.2 Å². The normalized spacial score (nSPS) is 11.9. The molecule has 0 saturated heterocycles. The molecule has 3 aromatic rings. The SMILES string of the molecule is O=S(Nc1cnccn1)c1cc(Cl)c(NCc2cc(Cl)ccc2F)cc1F. The highest BCUT2D eigenvalue weighted by Crippen LogP contribution is 2.28. The van der Waals surface area contributed by atoms with Gasteiger partial charge in [0.25, 0.3) is 0 Å². The van der Waals surface area contributed by atoms with Crippen LogP contribution >= 0.6 is 23.2 Å². The number of hydrogen-bond donors (Lipinski definition) is 2. The van der Waals surface area contributed by atoms with Crippen molar-refractivity contribution in [1.82, 2.24) is 9.97 Å². The molecule has 0 saturated carbocycles. The number of anilines is 2. The first-order valence-electron chi connectivity index (χ1n) is 7.55. The van der Waals surface area contributed by atoms with E-state index in [9.17, 15) is 13.0 Å². The highest BCUT2D eigenvalue weighted by molar-refractivity contribution is 7.86. The Labute approximate surface area is 166 Å². The fourth-order valence-corrected chi connectivity index (χ4v) is 3.53. The second-order valence-corrected chi connectivity index (χ2v) is 7.34. The van der Waals surface area contributed by atoms with Crippen LogP contribution in [0.5, 0.6) is 0 Å². The number of hydrogen-bond acceptors (Lipinski definition) is 4. The van der Waals surface area contributed by atoms with Gasteiger partial charge in [0, 0.05) is 29.5 Å². The maximum absolute atomic E-state index is 14.4. The molecule has 10 heteroatoms. The Balaban J connectivity index is 1.76. The smallest absolute Gasteiger partial charge is 0.156 e. The zero-order chi connectivity index (χ0) is 19.4. The van der Waals surface area contributed by atoms with Gasteiger partial charge in [0.1, 0.15) is 11.6 Å². The van der Waals surface area contributed by atoms with Gasteiger partial charge in [-0.3, -0.25) is 9.71 Å². The summed E-state index contributed by atoms with van der Waals surface area (Å²) in [5.74, 6) is -0.970. The molecule has 0 fully saturated rings. The van der Waals surface area contributed by atoms with Crippen molar-refractivity contribution in [3.8, 4) is 0 Å². The lowest BCUT2D eigenvalue weighted by Crippen LogP contribution is -2.09. The molecule has 0 aliphatic heterocycles. The van der Waals surface area contributed by atoms with E-state index in [1.807, 2.05) is 0 Å².